The van der Waals surface area contributed by atoms with Crippen molar-refractivity contribution in [2.24, 2.45) is 0 Å². The molecule has 1 atom stereocenters. The van der Waals surface area contributed by atoms with Crippen LogP contribution in [0.4, 0.5) is 5.69 Å². The van der Waals surface area contributed by atoms with Gasteiger partial charge in [-0.2, -0.15) is 0 Å². The molecule has 0 saturated heterocycles. The van der Waals surface area contributed by atoms with Crippen molar-refractivity contribution >= 4 is 27.0 Å². The molecule has 0 amide bonds. The quantitative estimate of drug-likeness (QED) is 0.680. The van der Waals surface area contributed by atoms with Crippen molar-refractivity contribution in [3.8, 4) is 11.3 Å². The Morgan fingerprint density at radius 3 is 2.69 bits per heavy atom. The van der Waals surface area contributed by atoms with Crippen LogP contribution in [0.15, 0.2) is 53.9 Å². The maximum Gasteiger partial charge on any atom is 0.232 e. The third-order valence-corrected chi connectivity index (χ3v) is 6.76. The average molecular weight is 385 g/mol. The van der Waals surface area contributed by atoms with Gasteiger partial charge in [-0.25, -0.2) is 13.4 Å². The number of hydrogen-bond acceptors (Lipinski definition) is 4. The van der Waals surface area contributed by atoms with Crippen molar-refractivity contribution in [2.45, 2.75) is 25.8 Å². The van der Waals surface area contributed by atoms with E-state index >= 15 is 0 Å². The molecule has 0 radical (unpaired) electrons. The first-order chi connectivity index (χ1) is 12.4. The Hall–Kier alpha value is -2.18. The third kappa shape index (κ3) is 3.27. The average Bonchev–Trinajstić information content (AvgIpc) is 3.17. The highest BCUT2D eigenvalue weighted by atomic mass is 32.2. The van der Waals surface area contributed by atoms with Crippen molar-refractivity contribution in [2.75, 3.05) is 10.6 Å². The molecule has 4 rings (SSSR count). The van der Waals surface area contributed by atoms with Crippen LogP contribution < -0.4 is 4.31 Å². The summed E-state index contributed by atoms with van der Waals surface area (Å²) in [5.41, 5.74) is 5.11. The monoisotopic (exact) mass is 384 g/mol. The van der Waals surface area contributed by atoms with Crippen LogP contribution in [0.3, 0.4) is 0 Å². The molecule has 0 N–H and O–H groups in total. The number of aromatic nitrogens is 1. The lowest BCUT2D eigenvalue weighted by Crippen LogP contribution is -2.34. The Labute approximate surface area is 158 Å². The van der Waals surface area contributed by atoms with Crippen LogP contribution in [0.5, 0.6) is 0 Å². The van der Waals surface area contributed by atoms with Gasteiger partial charge < -0.3 is 0 Å². The maximum atomic E-state index is 12.1. The molecule has 2 aromatic carbocycles. The molecule has 1 aromatic heterocycles. The molecule has 1 aliphatic rings. The highest BCUT2D eigenvalue weighted by molar-refractivity contribution is 7.92. The first kappa shape index (κ1) is 17.2. The molecule has 0 fully saturated rings. The summed E-state index contributed by atoms with van der Waals surface area (Å²) < 4.78 is 25.6. The van der Waals surface area contributed by atoms with Gasteiger partial charge in [0.1, 0.15) is 0 Å². The fourth-order valence-electron chi connectivity index (χ4n) is 3.56. The van der Waals surface area contributed by atoms with Gasteiger partial charge in [-0.3, -0.25) is 4.31 Å². The van der Waals surface area contributed by atoms with Crippen LogP contribution in [-0.4, -0.2) is 25.7 Å². The van der Waals surface area contributed by atoms with Crippen molar-refractivity contribution in [3.05, 3.63) is 70.0 Å². The van der Waals surface area contributed by atoms with Crippen LogP contribution >= 0.6 is 11.3 Å². The Bertz CT molecular complexity index is 1040. The lowest BCUT2D eigenvalue weighted by atomic mass is 10.1. The fraction of sp³-hybridized carbons (Fsp3) is 0.250. The summed E-state index contributed by atoms with van der Waals surface area (Å²) in [4.78, 5) is 4.77. The standard InChI is InChI=1S/C20H20N2O2S2/c1-14-10-17-12-16(8-9-19(17)22(14)26(2,23)24)18-13-25-20(21-18)11-15-6-4-3-5-7-15/h3-9,12-14H,10-11H2,1-2H3. The van der Waals surface area contributed by atoms with Gasteiger partial charge in [0.05, 0.1) is 22.6 Å². The van der Waals surface area contributed by atoms with E-state index in [0.29, 0.717) is 0 Å². The summed E-state index contributed by atoms with van der Waals surface area (Å²) in [6.07, 6.45) is 2.83. The molecule has 0 bridgehead atoms. The zero-order valence-corrected chi connectivity index (χ0v) is 16.3. The van der Waals surface area contributed by atoms with Crippen molar-refractivity contribution in [3.63, 3.8) is 0 Å². The summed E-state index contributed by atoms with van der Waals surface area (Å²) in [5, 5.41) is 3.16. The zero-order valence-electron chi connectivity index (χ0n) is 14.7. The predicted molar refractivity (Wildman–Crippen MR) is 107 cm³/mol. The predicted octanol–water partition coefficient (Wildman–Crippen LogP) is 4.11. The normalized spacial score (nSPS) is 16.7. The highest BCUT2D eigenvalue weighted by Gasteiger charge is 2.32. The number of sulfonamides is 1. The topological polar surface area (TPSA) is 50.3 Å². The molecule has 1 aliphatic heterocycles. The molecule has 6 heteroatoms. The molecule has 1 unspecified atom stereocenters. The van der Waals surface area contributed by atoms with Gasteiger partial charge in [-0.05, 0) is 36.6 Å². The van der Waals surface area contributed by atoms with E-state index in [1.807, 2.05) is 37.3 Å². The number of benzene rings is 2. The molecule has 3 aromatic rings. The number of hydrogen-bond donors (Lipinski definition) is 0. The van der Waals surface area contributed by atoms with Crippen LogP contribution in [0.1, 0.15) is 23.1 Å². The Morgan fingerprint density at radius 1 is 1.19 bits per heavy atom. The van der Waals surface area contributed by atoms with Crippen molar-refractivity contribution in [1.29, 1.82) is 0 Å². The third-order valence-electron chi connectivity index (χ3n) is 4.64. The van der Waals surface area contributed by atoms with E-state index < -0.39 is 10.0 Å². The number of anilines is 1. The second-order valence-electron chi connectivity index (χ2n) is 6.74. The van der Waals surface area contributed by atoms with Crippen molar-refractivity contribution in [1.82, 2.24) is 4.98 Å². The minimum absolute atomic E-state index is 0.0423. The van der Waals surface area contributed by atoms with Gasteiger partial charge >= 0.3 is 0 Å². The largest absolute Gasteiger partial charge is 0.267 e. The summed E-state index contributed by atoms with van der Waals surface area (Å²) >= 11 is 1.66. The maximum absolute atomic E-state index is 12.1. The second kappa shape index (κ2) is 6.52. The minimum Gasteiger partial charge on any atom is -0.267 e. The van der Waals surface area contributed by atoms with E-state index in [0.717, 1.165) is 40.4 Å². The molecule has 2 heterocycles. The lowest BCUT2D eigenvalue weighted by Gasteiger charge is -2.21. The SMILES string of the molecule is CC1Cc2cc(-c3csc(Cc4ccccc4)n3)ccc2N1S(C)(=O)=O. The number of rotatable bonds is 4. The zero-order chi connectivity index (χ0) is 18.3. The Kier molecular flexibility index (Phi) is 4.32. The summed E-state index contributed by atoms with van der Waals surface area (Å²) in [6.45, 7) is 1.95. The van der Waals surface area contributed by atoms with Crippen LogP contribution in [0, 0.1) is 0 Å². The molecule has 4 nitrogen and oxygen atoms in total. The minimum atomic E-state index is -3.25. The molecule has 0 aliphatic carbocycles. The number of nitrogens with zero attached hydrogens (tertiary/aromatic N) is 2. The first-order valence-corrected chi connectivity index (χ1v) is 11.3. The summed E-state index contributed by atoms with van der Waals surface area (Å²) in [6, 6.07) is 16.2. The second-order valence-corrected chi connectivity index (χ2v) is 9.55. The number of fused-ring (bicyclic) bond motifs is 1. The van der Waals surface area contributed by atoms with Gasteiger partial charge in [-0.1, -0.05) is 36.4 Å². The van der Waals surface area contributed by atoms with E-state index in [-0.39, 0.29) is 6.04 Å². The molecule has 26 heavy (non-hydrogen) atoms. The van der Waals surface area contributed by atoms with Crippen LogP contribution in [0.2, 0.25) is 0 Å². The molecular formula is C20H20N2O2S2. The molecule has 134 valence electrons. The fourth-order valence-corrected chi connectivity index (χ4v) is 5.66. The lowest BCUT2D eigenvalue weighted by molar-refractivity contribution is 0.590. The highest BCUT2D eigenvalue weighted by Crippen LogP contribution is 2.37. The molecular weight excluding hydrogens is 364 g/mol. The first-order valence-electron chi connectivity index (χ1n) is 8.53. The van der Waals surface area contributed by atoms with E-state index in [1.165, 1.54) is 16.1 Å². The number of thiazole rings is 1. The molecule has 0 saturated carbocycles. The van der Waals surface area contributed by atoms with Gasteiger partial charge in [0.15, 0.2) is 0 Å². The molecule has 0 spiro atoms. The van der Waals surface area contributed by atoms with Crippen LogP contribution in [0.25, 0.3) is 11.3 Å². The van der Waals surface area contributed by atoms with Crippen LogP contribution in [-0.2, 0) is 22.9 Å². The van der Waals surface area contributed by atoms with Gasteiger partial charge in [0.25, 0.3) is 0 Å². The van der Waals surface area contributed by atoms with Crippen molar-refractivity contribution < 1.29 is 8.42 Å². The van der Waals surface area contributed by atoms with E-state index in [9.17, 15) is 8.42 Å². The van der Waals surface area contributed by atoms with Gasteiger partial charge in [0.2, 0.25) is 10.0 Å². The van der Waals surface area contributed by atoms with E-state index in [1.54, 1.807) is 11.3 Å². The van der Waals surface area contributed by atoms with E-state index in [4.69, 9.17) is 4.98 Å². The summed E-state index contributed by atoms with van der Waals surface area (Å²) in [7, 11) is -3.25. The summed E-state index contributed by atoms with van der Waals surface area (Å²) in [5.74, 6) is 0. The van der Waals surface area contributed by atoms with Gasteiger partial charge in [-0.15, -0.1) is 11.3 Å². The Morgan fingerprint density at radius 2 is 1.96 bits per heavy atom. The van der Waals surface area contributed by atoms with E-state index in [2.05, 4.69) is 23.6 Å². The van der Waals surface area contributed by atoms with Gasteiger partial charge in [0, 0.05) is 23.4 Å². The Balaban J connectivity index is 1.62. The smallest absolute Gasteiger partial charge is 0.232 e.